The Morgan fingerprint density at radius 2 is 1.96 bits per heavy atom. The molecular weight excluding hydrogens is 375 g/mol. The minimum absolute atomic E-state index is 0.0957. The summed E-state index contributed by atoms with van der Waals surface area (Å²) in [6.07, 6.45) is -0.382. The highest BCUT2D eigenvalue weighted by Crippen LogP contribution is 2.24. The molecule has 1 heterocycles. The summed E-state index contributed by atoms with van der Waals surface area (Å²) in [6.45, 7) is 2.06. The Balaban J connectivity index is 1.82. The van der Waals surface area contributed by atoms with Crippen molar-refractivity contribution in [2.75, 3.05) is 13.1 Å². The number of amides is 2. The third kappa shape index (κ3) is 6.41. The molecule has 1 aromatic heterocycles. The number of halogens is 1. The fourth-order valence-electron chi connectivity index (χ4n) is 2.47. The Morgan fingerprint density at radius 3 is 2.59 bits per heavy atom. The number of carboxylic acids is 1. The van der Waals surface area contributed by atoms with Gasteiger partial charge in [-0.3, -0.25) is 14.4 Å². The maximum absolute atomic E-state index is 13.4. The van der Waals surface area contributed by atoms with Crippen molar-refractivity contribution in [3.63, 3.8) is 0 Å². The van der Waals surface area contributed by atoms with Gasteiger partial charge >= 0.3 is 5.97 Å². The number of carboxylic acid groups (broad SMARTS) is 1. The van der Waals surface area contributed by atoms with E-state index in [-0.39, 0.29) is 37.7 Å². The Hall–Kier alpha value is -2.88. The molecule has 0 aliphatic rings. The molecule has 0 radical (unpaired) electrons. The average Bonchev–Trinajstić information content (AvgIpc) is 3.03. The Bertz CT molecular complexity index is 827. The van der Waals surface area contributed by atoms with Crippen LogP contribution in [0.1, 0.15) is 39.7 Å². The number of rotatable bonds is 9. The first kappa shape index (κ1) is 20.4. The van der Waals surface area contributed by atoms with Crippen molar-refractivity contribution in [3.8, 4) is 0 Å². The molecule has 10 heteroatoms. The van der Waals surface area contributed by atoms with Crippen molar-refractivity contribution in [1.82, 2.24) is 20.2 Å². The number of aromatic nitrogens is 2. The van der Waals surface area contributed by atoms with Gasteiger partial charge < -0.3 is 15.7 Å². The van der Waals surface area contributed by atoms with Gasteiger partial charge in [0.25, 0.3) is 5.91 Å². The lowest BCUT2D eigenvalue weighted by atomic mass is 9.92. The molecule has 0 fully saturated rings. The molecule has 0 spiro atoms. The molecule has 27 heavy (non-hydrogen) atoms. The highest BCUT2D eigenvalue weighted by molar-refractivity contribution is 7.07. The second-order valence-electron chi connectivity index (χ2n) is 5.85. The lowest BCUT2D eigenvalue weighted by Crippen LogP contribution is -2.35. The molecule has 1 unspecified atom stereocenters. The molecule has 1 atom stereocenters. The molecule has 2 amide bonds. The van der Waals surface area contributed by atoms with Crippen molar-refractivity contribution in [3.05, 3.63) is 46.2 Å². The van der Waals surface area contributed by atoms with Crippen molar-refractivity contribution in [1.29, 1.82) is 0 Å². The van der Waals surface area contributed by atoms with Gasteiger partial charge in [-0.15, -0.1) is 5.10 Å². The van der Waals surface area contributed by atoms with E-state index in [2.05, 4.69) is 20.2 Å². The minimum Gasteiger partial charge on any atom is -0.481 e. The van der Waals surface area contributed by atoms with Crippen LogP contribution in [0.5, 0.6) is 0 Å². The van der Waals surface area contributed by atoms with Crippen LogP contribution >= 0.6 is 11.5 Å². The first-order chi connectivity index (χ1) is 12.9. The summed E-state index contributed by atoms with van der Waals surface area (Å²) < 4.78 is 17.1. The van der Waals surface area contributed by atoms with Gasteiger partial charge in [0.15, 0.2) is 0 Å². The van der Waals surface area contributed by atoms with E-state index in [4.69, 9.17) is 5.11 Å². The highest BCUT2D eigenvalue weighted by Gasteiger charge is 2.20. The predicted octanol–water partition coefficient (Wildman–Crippen LogP) is 1.48. The van der Waals surface area contributed by atoms with Gasteiger partial charge in [-0.05, 0) is 36.2 Å². The topological polar surface area (TPSA) is 121 Å². The average molecular weight is 394 g/mol. The van der Waals surface area contributed by atoms with E-state index in [0.717, 1.165) is 11.5 Å². The largest absolute Gasteiger partial charge is 0.481 e. The van der Waals surface area contributed by atoms with Gasteiger partial charge in [0.2, 0.25) is 5.91 Å². The Labute approximate surface area is 159 Å². The molecule has 0 saturated heterocycles. The van der Waals surface area contributed by atoms with Crippen LogP contribution < -0.4 is 10.6 Å². The van der Waals surface area contributed by atoms with Crippen LogP contribution in [-0.4, -0.2) is 45.6 Å². The first-order valence-corrected chi connectivity index (χ1v) is 8.95. The zero-order valence-corrected chi connectivity index (χ0v) is 15.4. The van der Waals surface area contributed by atoms with Gasteiger partial charge in [-0.25, -0.2) is 4.39 Å². The SMILES string of the molecule is Cc1nnsc1C(=O)NCCNC(=O)CC(CC(=O)O)c1cccc(F)c1. The van der Waals surface area contributed by atoms with Crippen molar-refractivity contribution in [2.45, 2.75) is 25.7 Å². The molecule has 0 bridgehead atoms. The van der Waals surface area contributed by atoms with Crippen molar-refractivity contribution in [2.24, 2.45) is 0 Å². The van der Waals surface area contributed by atoms with Gasteiger partial charge in [-0.2, -0.15) is 0 Å². The number of hydrogen-bond acceptors (Lipinski definition) is 6. The number of aliphatic carboxylic acids is 1. The van der Waals surface area contributed by atoms with Gasteiger partial charge in [-0.1, -0.05) is 16.6 Å². The first-order valence-electron chi connectivity index (χ1n) is 8.18. The number of nitrogens with one attached hydrogen (secondary N) is 2. The molecule has 0 aliphatic carbocycles. The predicted molar refractivity (Wildman–Crippen MR) is 96.0 cm³/mol. The number of nitrogens with zero attached hydrogens (tertiary/aromatic N) is 2. The van der Waals surface area contributed by atoms with E-state index in [1.54, 1.807) is 13.0 Å². The second kappa shape index (κ2) is 9.72. The lowest BCUT2D eigenvalue weighted by Gasteiger charge is -2.15. The van der Waals surface area contributed by atoms with Crippen LogP contribution in [0.2, 0.25) is 0 Å². The van der Waals surface area contributed by atoms with Crippen LogP contribution in [0.4, 0.5) is 4.39 Å². The molecule has 3 N–H and O–H groups in total. The summed E-state index contributed by atoms with van der Waals surface area (Å²) in [5.74, 6) is -2.90. The smallest absolute Gasteiger partial charge is 0.303 e. The van der Waals surface area contributed by atoms with Gasteiger partial charge in [0.1, 0.15) is 10.7 Å². The van der Waals surface area contributed by atoms with Crippen molar-refractivity contribution >= 4 is 29.3 Å². The standard InChI is InChI=1S/C17H19FN4O4S/c1-10-16(27-22-21-10)17(26)20-6-5-19-14(23)8-12(9-15(24)25)11-3-2-4-13(18)7-11/h2-4,7,12H,5-6,8-9H2,1H3,(H,19,23)(H,20,26)(H,24,25). The highest BCUT2D eigenvalue weighted by atomic mass is 32.1. The Morgan fingerprint density at radius 1 is 1.22 bits per heavy atom. The number of carbonyl (C=O) groups excluding carboxylic acids is 2. The summed E-state index contributed by atoms with van der Waals surface area (Å²) in [5.41, 5.74) is 0.988. The van der Waals surface area contributed by atoms with Gasteiger partial charge in [0, 0.05) is 25.4 Å². The maximum atomic E-state index is 13.4. The summed E-state index contributed by atoms with van der Waals surface area (Å²) in [6, 6.07) is 5.55. The zero-order valence-electron chi connectivity index (χ0n) is 14.6. The third-order valence-corrected chi connectivity index (χ3v) is 4.59. The minimum atomic E-state index is -1.07. The molecule has 2 rings (SSSR count). The van der Waals surface area contributed by atoms with E-state index in [1.807, 2.05) is 0 Å². The fraction of sp³-hybridized carbons (Fsp3) is 0.353. The number of hydrogen-bond donors (Lipinski definition) is 3. The normalized spacial score (nSPS) is 11.6. The molecular formula is C17H19FN4O4S. The van der Waals surface area contributed by atoms with Crippen LogP contribution in [0.3, 0.4) is 0 Å². The zero-order chi connectivity index (χ0) is 19.8. The molecule has 1 aromatic carbocycles. The number of carbonyl (C=O) groups is 3. The van der Waals surface area contributed by atoms with E-state index in [9.17, 15) is 18.8 Å². The van der Waals surface area contributed by atoms with E-state index in [0.29, 0.717) is 16.1 Å². The third-order valence-electron chi connectivity index (χ3n) is 3.76. The molecule has 2 aromatic rings. The van der Waals surface area contributed by atoms with E-state index < -0.39 is 17.7 Å². The van der Waals surface area contributed by atoms with Crippen LogP contribution in [0.15, 0.2) is 24.3 Å². The van der Waals surface area contributed by atoms with E-state index >= 15 is 0 Å². The molecule has 0 saturated carbocycles. The monoisotopic (exact) mass is 394 g/mol. The summed E-state index contributed by atoms with van der Waals surface area (Å²) in [7, 11) is 0. The maximum Gasteiger partial charge on any atom is 0.303 e. The van der Waals surface area contributed by atoms with Crippen molar-refractivity contribution < 1.29 is 23.9 Å². The second-order valence-corrected chi connectivity index (χ2v) is 6.60. The van der Waals surface area contributed by atoms with E-state index in [1.165, 1.54) is 18.2 Å². The quantitative estimate of drug-likeness (QED) is 0.554. The van der Waals surface area contributed by atoms with Crippen LogP contribution in [0.25, 0.3) is 0 Å². The summed E-state index contributed by atoms with van der Waals surface area (Å²) in [5, 5.41) is 18.0. The molecule has 0 aliphatic heterocycles. The van der Waals surface area contributed by atoms with Crippen LogP contribution in [0, 0.1) is 12.7 Å². The summed E-state index contributed by atoms with van der Waals surface area (Å²) in [4.78, 5) is 35.4. The van der Waals surface area contributed by atoms with Gasteiger partial charge in [0.05, 0.1) is 12.1 Å². The lowest BCUT2D eigenvalue weighted by molar-refractivity contribution is -0.137. The molecule has 144 valence electrons. The number of benzene rings is 1. The van der Waals surface area contributed by atoms with Crippen LogP contribution in [-0.2, 0) is 9.59 Å². The fourth-order valence-corrected chi connectivity index (χ4v) is 3.05. The Kier molecular flexibility index (Phi) is 7.35. The molecule has 8 nitrogen and oxygen atoms in total. The summed E-state index contributed by atoms with van der Waals surface area (Å²) >= 11 is 0.988. The number of aryl methyl sites for hydroxylation is 1.